The summed E-state index contributed by atoms with van der Waals surface area (Å²) in [6.07, 6.45) is 2.45. The van der Waals surface area contributed by atoms with Crippen molar-refractivity contribution in [3.63, 3.8) is 0 Å². The smallest absolute Gasteiger partial charge is 0.238 e. The molecule has 3 atom stereocenters. The summed E-state index contributed by atoms with van der Waals surface area (Å²) >= 11 is 0. The highest BCUT2D eigenvalue weighted by molar-refractivity contribution is 5.82. The second-order valence-electron chi connectivity index (χ2n) is 5.29. The van der Waals surface area contributed by atoms with Gasteiger partial charge in [0.2, 0.25) is 5.91 Å². The highest BCUT2D eigenvalue weighted by Gasteiger charge is 2.25. The molecule has 0 spiro atoms. The van der Waals surface area contributed by atoms with E-state index < -0.39 is 0 Å². The van der Waals surface area contributed by atoms with Crippen LogP contribution in [0.3, 0.4) is 0 Å². The molecular formula is C12H24N4O. The number of carbonyl (C=O) groups excluding carboxylic acids is 1. The minimum atomic E-state index is -0.0714. The zero-order chi connectivity index (χ0) is 12.3. The van der Waals surface area contributed by atoms with Crippen molar-refractivity contribution in [2.75, 3.05) is 33.2 Å². The van der Waals surface area contributed by atoms with Gasteiger partial charge in [-0.1, -0.05) is 0 Å². The second-order valence-corrected chi connectivity index (χ2v) is 5.29. The lowest BCUT2D eigenvalue weighted by Crippen LogP contribution is -2.59. The Bertz CT molecular complexity index is 263. The van der Waals surface area contributed by atoms with Crippen LogP contribution >= 0.6 is 0 Å². The minimum absolute atomic E-state index is 0.0714. The maximum atomic E-state index is 11.9. The lowest BCUT2D eigenvalue weighted by atomic mass is 10.1. The molecule has 3 unspecified atom stereocenters. The molecule has 2 heterocycles. The van der Waals surface area contributed by atoms with E-state index in [4.69, 9.17) is 0 Å². The number of likely N-dealkylation sites (N-methyl/N-ethyl adjacent to an activating group) is 1. The standard InChI is InChI=1S/C12H24N4O/c1-9-6-14-11(8-13-9)12(17)15-7-10-4-3-5-16(10)2/h9-11,13-14H,3-8H2,1-2H3,(H,15,17). The molecule has 0 aromatic heterocycles. The molecule has 0 aromatic carbocycles. The molecule has 1 amide bonds. The van der Waals surface area contributed by atoms with Crippen molar-refractivity contribution in [2.24, 2.45) is 0 Å². The van der Waals surface area contributed by atoms with E-state index in [0.717, 1.165) is 26.2 Å². The third-order valence-corrected chi connectivity index (χ3v) is 3.84. The molecule has 0 aromatic rings. The van der Waals surface area contributed by atoms with Crippen molar-refractivity contribution in [3.05, 3.63) is 0 Å². The maximum Gasteiger partial charge on any atom is 0.238 e. The zero-order valence-electron chi connectivity index (χ0n) is 10.8. The van der Waals surface area contributed by atoms with Crippen LogP contribution in [0.5, 0.6) is 0 Å². The predicted octanol–water partition coefficient (Wildman–Crippen LogP) is -0.853. The highest BCUT2D eigenvalue weighted by atomic mass is 16.2. The van der Waals surface area contributed by atoms with Gasteiger partial charge in [0, 0.05) is 31.7 Å². The third kappa shape index (κ3) is 3.40. The number of likely N-dealkylation sites (tertiary alicyclic amines) is 1. The molecule has 5 heteroatoms. The maximum absolute atomic E-state index is 11.9. The Morgan fingerprint density at radius 2 is 2.24 bits per heavy atom. The van der Waals surface area contributed by atoms with Gasteiger partial charge in [-0.15, -0.1) is 0 Å². The molecule has 3 N–H and O–H groups in total. The molecule has 0 bridgehead atoms. The van der Waals surface area contributed by atoms with Crippen LogP contribution in [0.25, 0.3) is 0 Å². The van der Waals surface area contributed by atoms with Gasteiger partial charge in [0.25, 0.3) is 0 Å². The highest BCUT2D eigenvalue weighted by Crippen LogP contribution is 2.13. The Labute approximate surface area is 103 Å². The van der Waals surface area contributed by atoms with E-state index in [-0.39, 0.29) is 11.9 Å². The number of amides is 1. The molecule has 2 fully saturated rings. The fourth-order valence-corrected chi connectivity index (χ4v) is 2.55. The average molecular weight is 240 g/mol. The van der Waals surface area contributed by atoms with Crippen molar-refractivity contribution >= 4 is 5.91 Å². The molecule has 2 aliphatic rings. The first-order valence-corrected chi connectivity index (χ1v) is 6.61. The molecule has 98 valence electrons. The molecule has 2 rings (SSSR count). The fraction of sp³-hybridized carbons (Fsp3) is 0.917. The number of nitrogens with one attached hydrogen (secondary N) is 3. The van der Waals surface area contributed by atoms with Gasteiger partial charge in [-0.25, -0.2) is 0 Å². The number of nitrogens with zero attached hydrogens (tertiary/aromatic N) is 1. The second kappa shape index (κ2) is 5.80. The van der Waals surface area contributed by atoms with E-state index in [1.54, 1.807) is 0 Å². The van der Waals surface area contributed by atoms with Crippen LogP contribution in [0.4, 0.5) is 0 Å². The van der Waals surface area contributed by atoms with Gasteiger partial charge in [-0.2, -0.15) is 0 Å². The Balaban J connectivity index is 1.70. The molecule has 17 heavy (non-hydrogen) atoms. The number of hydrogen-bond acceptors (Lipinski definition) is 4. The summed E-state index contributed by atoms with van der Waals surface area (Å²) < 4.78 is 0. The van der Waals surface area contributed by atoms with E-state index in [1.807, 2.05) is 0 Å². The molecule has 2 saturated heterocycles. The molecule has 5 nitrogen and oxygen atoms in total. The normalized spacial score (nSPS) is 34.8. The monoisotopic (exact) mass is 240 g/mol. The summed E-state index contributed by atoms with van der Waals surface area (Å²) in [5.74, 6) is 0.129. The van der Waals surface area contributed by atoms with Crippen molar-refractivity contribution in [1.82, 2.24) is 20.9 Å². The van der Waals surface area contributed by atoms with Crippen LogP contribution in [0, 0.1) is 0 Å². The Morgan fingerprint density at radius 1 is 1.41 bits per heavy atom. The lowest BCUT2D eigenvalue weighted by molar-refractivity contribution is -0.123. The van der Waals surface area contributed by atoms with E-state index >= 15 is 0 Å². The minimum Gasteiger partial charge on any atom is -0.353 e. The van der Waals surface area contributed by atoms with Crippen LogP contribution in [0.2, 0.25) is 0 Å². The largest absolute Gasteiger partial charge is 0.353 e. The number of rotatable bonds is 3. The molecule has 0 saturated carbocycles. The Kier molecular flexibility index (Phi) is 4.36. The Hall–Kier alpha value is -0.650. The first-order valence-electron chi connectivity index (χ1n) is 6.61. The van der Waals surface area contributed by atoms with Gasteiger partial charge in [0.15, 0.2) is 0 Å². The number of carbonyl (C=O) groups is 1. The quantitative estimate of drug-likeness (QED) is 0.601. The van der Waals surface area contributed by atoms with Crippen molar-refractivity contribution in [1.29, 1.82) is 0 Å². The van der Waals surface area contributed by atoms with E-state index in [1.165, 1.54) is 12.8 Å². The summed E-state index contributed by atoms with van der Waals surface area (Å²) in [5, 5.41) is 9.64. The van der Waals surface area contributed by atoms with Gasteiger partial charge in [0.05, 0.1) is 6.04 Å². The summed E-state index contributed by atoms with van der Waals surface area (Å²) in [6.45, 7) is 5.65. The van der Waals surface area contributed by atoms with Gasteiger partial charge in [-0.05, 0) is 33.4 Å². The van der Waals surface area contributed by atoms with Crippen LogP contribution in [-0.4, -0.2) is 62.2 Å². The first-order chi connectivity index (χ1) is 8.16. The van der Waals surface area contributed by atoms with Gasteiger partial charge < -0.3 is 20.9 Å². The topological polar surface area (TPSA) is 56.4 Å². The first kappa shape index (κ1) is 12.8. The SMILES string of the molecule is CC1CNC(C(=O)NCC2CCCN2C)CN1. The Morgan fingerprint density at radius 3 is 2.82 bits per heavy atom. The molecule has 2 aliphatic heterocycles. The van der Waals surface area contributed by atoms with Crippen molar-refractivity contribution < 1.29 is 4.79 Å². The number of hydrogen-bond donors (Lipinski definition) is 3. The van der Waals surface area contributed by atoms with Crippen molar-refractivity contribution in [3.8, 4) is 0 Å². The lowest BCUT2D eigenvalue weighted by Gasteiger charge is -2.29. The van der Waals surface area contributed by atoms with Crippen LogP contribution < -0.4 is 16.0 Å². The third-order valence-electron chi connectivity index (χ3n) is 3.84. The van der Waals surface area contributed by atoms with E-state index in [2.05, 4.69) is 34.8 Å². The predicted molar refractivity (Wildman–Crippen MR) is 67.9 cm³/mol. The van der Waals surface area contributed by atoms with Gasteiger partial charge in [-0.3, -0.25) is 4.79 Å². The zero-order valence-corrected chi connectivity index (χ0v) is 10.8. The van der Waals surface area contributed by atoms with E-state index in [0.29, 0.717) is 12.1 Å². The summed E-state index contributed by atoms with van der Waals surface area (Å²) in [7, 11) is 2.13. The fourth-order valence-electron chi connectivity index (χ4n) is 2.55. The molecular weight excluding hydrogens is 216 g/mol. The summed E-state index contributed by atoms with van der Waals surface area (Å²) in [5.41, 5.74) is 0. The van der Waals surface area contributed by atoms with Crippen molar-refractivity contribution in [2.45, 2.75) is 37.9 Å². The van der Waals surface area contributed by atoms with Crippen LogP contribution in [0.1, 0.15) is 19.8 Å². The van der Waals surface area contributed by atoms with Gasteiger partial charge in [0.1, 0.15) is 0 Å². The summed E-state index contributed by atoms with van der Waals surface area (Å²) in [4.78, 5) is 14.3. The number of piperazine rings is 1. The summed E-state index contributed by atoms with van der Waals surface area (Å²) in [6, 6.07) is 0.910. The van der Waals surface area contributed by atoms with Crippen LogP contribution in [-0.2, 0) is 4.79 Å². The van der Waals surface area contributed by atoms with E-state index in [9.17, 15) is 4.79 Å². The van der Waals surface area contributed by atoms with Gasteiger partial charge >= 0.3 is 0 Å². The van der Waals surface area contributed by atoms with Crippen LogP contribution in [0.15, 0.2) is 0 Å². The molecule has 0 radical (unpaired) electrons. The molecule has 0 aliphatic carbocycles. The average Bonchev–Trinajstić information content (AvgIpc) is 2.73.